The third-order valence-corrected chi connectivity index (χ3v) is 4.66. The molecule has 104 valence electrons. The number of benzene rings is 1. The van der Waals surface area contributed by atoms with Gasteiger partial charge in [0.15, 0.2) is 0 Å². The van der Waals surface area contributed by atoms with E-state index in [2.05, 4.69) is 10.2 Å². The molecule has 0 atom stereocenters. The van der Waals surface area contributed by atoms with Crippen LogP contribution in [0.2, 0.25) is 5.02 Å². The normalized spacial score (nSPS) is 11.5. The van der Waals surface area contributed by atoms with Gasteiger partial charge in [-0.2, -0.15) is 5.10 Å². The van der Waals surface area contributed by atoms with Gasteiger partial charge in [0.2, 0.25) is 5.96 Å². The molecule has 0 aliphatic heterocycles. The van der Waals surface area contributed by atoms with Crippen molar-refractivity contribution in [3.05, 3.63) is 22.7 Å². The minimum Gasteiger partial charge on any atom is -0.369 e. The van der Waals surface area contributed by atoms with Crippen LogP contribution in [0.15, 0.2) is 32.1 Å². The maximum Gasteiger partial charge on any atom is 0.211 e. The van der Waals surface area contributed by atoms with Gasteiger partial charge in [-0.25, -0.2) is 0 Å². The Bertz CT molecular complexity index is 511. The van der Waals surface area contributed by atoms with Gasteiger partial charge in [-0.15, -0.1) is 28.6 Å². The number of nitrogens with two attached hydrogens (primary N) is 2. The number of nitrogens with zero attached hydrogens (tertiary/aromatic N) is 2. The standard InChI is InChI=1S/C12H17ClN4S2/c1-4-8(16-17-12(14)15)7-5-6-9(18-2)11(19-3)10(7)13/h5-6H,4H2,1-3H3,(H4,14,15,17)/b16-8+. The molecule has 0 saturated heterocycles. The molecule has 1 rings (SSSR count). The summed E-state index contributed by atoms with van der Waals surface area (Å²) in [5.74, 6) is -0.0621. The summed E-state index contributed by atoms with van der Waals surface area (Å²) >= 11 is 9.74. The average Bonchev–Trinajstić information content (AvgIpc) is 2.40. The predicted octanol–water partition coefficient (Wildman–Crippen LogP) is 3.17. The maximum atomic E-state index is 6.46. The van der Waals surface area contributed by atoms with Crippen LogP contribution in [0.1, 0.15) is 18.9 Å². The van der Waals surface area contributed by atoms with Crippen molar-refractivity contribution >= 4 is 46.8 Å². The number of thioether (sulfide) groups is 2. The summed E-state index contributed by atoms with van der Waals surface area (Å²) in [6, 6.07) is 4.00. The van der Waals surface area contributed by atoms with Crippen LogP contribution >= 0.6 is 35.1 Å². The quantitative estimate of drug-likeness (QED) is 0.378. The largest absolute Gasteiger partial charge is 0.369 e. The van der Waals surface area contributed by atoms with Gasteiger partial charge in [0, 0.05) is 15.4 Å². The number of hydrogen-bond acceptors (Lipinski definition) is 4. The number of halogens is 1. The fraction of sp³-hybridized carbons (Fsp3) is 0.333. The fourth-order valence-electron chi connectivity index (χ4n) is 1.55. The zero-order chi connectivity index (χ0) is 14.4. The average molecular weight is 317 g/mol. The van der Waals surface area contributed by atoms with Crippen LogP contribution in [0.5, 0.6) is 0 Å². The molecule has 0 spiro atoms. The van der Waals surface area contributed by atoms with Crippen LogP contribution in [0.4, 0.5) is 0 Å². The zero-order valence-electron chi connectivity index (χ0n) is 11.1. The molecule has 0 radical (unpaired) electrons. The van der Waals surface area contributed by atoms with Crippen LogP contribution in [-0.4, -0.2) is 24.2 Å². The van der Waals surface area contributed by atoms with Gasteiger partial charge in [0.25, 0.3) is 0 Å². The maximum absolute atomic E-state index is 6.46. The van der Waals surface area contributed by atoms with Crippen molar-refractivity contribution in [1.29, 1.82) is 0 Å². The highest BCUT2D eigenvalue weighted by Gasteiger charge is 2.14. The fourth-order valence-corrected chi connectivity index (χ4v) is 3.66. The SMILES string of the molecule is CC/C(=N\N=C(N)N)c1ccc(SC)c(SC)c1Cl. The Morgan fingerprint density at radius 2 is 1.89 bits per heavy atom. The third kappa shape index (κ3) is 4.06. The molecular weight excluding hydrogens is 300 g/mol. The lowest BCUT2D eigenvalue weighted by molar-refractivity contribution is 1.14. The summed E-state index contributed by atoms with van der Waals surface area (Å²) in [6.07, 6.45) is 4.73. The second-order valence-corrected chi connectivity index (χ2v) is 5.63. The molecule has 19 heavy (non-hydrogen) atoms. The van der Waals surface area contributed by atoms with Crippen molar-refractivity contribution in [2.45, 2.75) is 23.1 Å². The molecule has 4 N–H and O–H groups in total. The molecule has 0 aromatic heterocycles. The topological polar surface area (TPSA) is 76.8 Å². The van der Waals surface area contributed by atoms with Crippen LogP contribution < -0.4 is 11.5 Å². The summed E-state index contributed by atoms with van der Waals surface area (Å²) in [6.45, 7) is 1.98. The highest BCUT2D eigenvalue weighted by Crippen LogP contribution is 2.37. The Morgan fingerprint density at radius 3 is 2.37 bits per heavy atom. The molecule has 0 fully saturated rings. The number of hydrogen-bond donors (Lipinski definition) is 2. The van der Waals surface area contributed by atoms with Crippen molar-refractivity contribution < 1.29 is 0 Å². The van der Waals surface area contributed by atoms with Gasteiger partial charge in [-0.05, 0) is 25.0 Å². The molecule has 1 aromatic carbocycles. The van der Waals surface area contributed by atoms with Crippen molar-refractivity contribution in [1.82, 2.24) is 0 Å². The first-order chi connectivity index (χ1) is 9.04. The van der Waals surface area contributed by atoms with Gasteiger partial charge >= 0.3 is 0 Å². The van der Waals surface area contributed by atoms with Crippen molar-refractivity contribution in [2.24, 2.45) is 21.7 Å². The van der Waals surface area contributed by atoms with Crippen molar-refractivity contribution in [2.75, 3.05) is 12.5 Å². The summed E-state index contributed by atoms with van der Waals surface area (Å²) in [4.78, 5) is 2.20. The smallest absolute Gasteiger partial charge is 0.211 e. The Labute approximate surface area is 127 Å². The van der Waals surface area contributed by atoms with E-state index in [4.69, 9.17) is 23.1 Å². The lowest BCUT2D eigenvalue weighted by Gasteiger charge is -2.12. The molecule has 0 amide bonds. The first-order valence-electron chi connectivity index (χ1n) is 5.61. The van der Waals surface area contributed by atoms with Gasteiger partial charge in [0.1, 0.15) is 0 Å². The van der Waals surface area contributed by atoms with Gasteiger partial charge in [-0.1, -0.05) is 24.6 Å². The second kappa shape index (κ2) is 7.67. The van der Waals surface area contributed by atoms with E-state index in [0.29, 0.717) is 11.4 Å². The molecule has 0 heterocycles. The van der Waals surface area contributed by atoms with Gasteiger partial charge < -0.3 is 11.5 Å². The Hall–Kier alpha value is -0.850. The highest BCUT2D eigenvalue weighted by atomic mass is 35.5. The van der Waals surface area contributed by atoms with E-state index in [9.17, 15) is 0 Å². The molecule has 0 aliphatic carbocycles. The first kappa shape index (κ1) is 16.2. The third-order valence-electron chi connectivity index (χ3n) is 2.42. The molecule has 0 unspecified atom stereocenters. The zero-order valence-corrected chi connectivity index (χ0v) is 13.5. The van der Waals surface area contributed by atoms with E-state index < -0.39 is 0 Å². The summed E-state index contributed by atoms with van der Waals surface area (Å²) in [7, 11) is 0. The van der Waals surface area contributed by atoms with Crippen LogP contribution in [0.25, 0.3) is 0 Å². The van der Waals surface area contributed by atoms with Crippen LogP contribution in [-0.2, 0) is 0 Å². The van der Waals surface area contributed by atoms with E-state index in [1.54, 1.807) is 23.5 Å². The molecular formula is C12H17ClN4S2. The monoisotopic (exact) mass is 316 g/mol. The molecule has 0 bridgehead atoms. The van der Waals surface area contributed by atoms with E-state index >= 15 is 0 Å². The lowest BCUT2D eigenvalue weighted by atomic mass is 10.1. The Morgan fingerprint density at radius 1 is 1.21 bits per heavy atom. The molecule has 4 nitrogen and oxygen atoms in total. The number of guanidine groups is 1. The van der Waals surface area contributed by atoms with E-state index in [0.717, 1.165) is 21.1 Å². The Kier molecular flexibility index (Phi) is 6.54. The van der Waals surface area contributed by atoms with Crippen LogP contribution in [0, 0.1) is 0 Å². The Balaban J connectivity index is 3.34. The minimum absolute atomic E-state index is 0.0621. The highest BCUT2D eigenvalue weighted by molar-refractivity contribution is 8.01. The summed E-state index contributed by atoms with van der Waals surface area (Å²) in [5, 5.41) is 8.46. The van der Waals surface area contributed by atoms with Gasteiger partial charge in [0.05, 0.1) is 10.7 Å². The minimum atomic E-state index is -0.0621. The first-order valence-corrected chi connectivity index (χ1v) is 8.44. The van der Waals surface area contributed by atoms with E-state index in [1.165, 1.54) is 0 Å². The van der Waals surface area contributed by atoms with Gasteiger partial charge in [-0.3, -0.25) is 0 Å². The van der Waals surface area contributed by atoms with E-state index in [-0.39, 0.29) is 5.96 Å². The molecule has 7 heteroatoms. The molecule has 1 aromatic rings. The lowest BCUT2D eigenvalue weighted by Crippen LogP contribution is -2.22. The van der Waals surface area contributed by atoms with Crippen molar-refractivity contribution in [3.8, 4) is 0 Å². The summed E-state index contributed by atoms with van der Waals surface area (Å²) < 4.78 is 0. The molecule has 0 saturated carbocycles. The van der Waals surface area contributed by atoms with Crippen LogP contribution in [0.3, 0.4) is 0 Å². The predicted molar refractivity (Wildman–Crippen MR) is 87.7 cm³/mol. The summed E-state index contributed by atoms with van der Waals surface area (Å²) in [5.41, 5.74) is 12.2. The second-order valence-electron chi connectivity index (χ2n) is 3.59. The van der Waals surface area contributed by atoms with E-state index in [1.807, 2.05) is 31.6 Å². The number of rotatable bonds is 5. The van der Waals surface area contributed by atoms with Crippen molar-refractivity contribution in [3.63, 3.8) is 0 Å². The molecule has 0 aliphatic rings.